The van der Waals surface area contributed by atoms with Crippen molar-refractivity contribution in [2.75, 3.05) is 0 Å². The predicted molar refractivity (Wildman–Crippen MR) is 39.9 cm³/mol. The highest BCUT2D eigenvalue weighted by Gasteiger charge is 2.07. The van der Waals surface area contributed by atoms with E-state index in [9.17, 15) is 4.55 Å². The van der Waals surface area contributed by atoms with Gasteiger partial charge in [-0.3, -0.25) is 0 Å². The fourth-order valence-electron chi connectivity index (χ4n) is 0.406. The summed E-state index contributed by atoms with van der Waals surface area (Å²) in [5.74, 6) is 0. The molecule has 0 bridgehead atoms. The van der Waals surface area contributed by atoms with Crippen molar-refractivity contribution >= 4 is 34.3 Å². The van der Waals surface area contributed by atoms with Gasteiger partial charge in [0.2, 0.25) is 4.21 Å². The summed E-state index contributed by atoms with van der Waals surface area (Å²) in [4.78, 5) is 0. The quantitative estimate of drug-likeness (QED) is 0.666. The van der Waals surface area contributed by atoms with Crippen LogP contribution in [0.15, 0.2) is 16.3 Å². The summed E-state index contributed by atoms with van der Waals surface area (Å²) >= 11 is 5.40. The SMILES string of the molecule is N[S+]([O-])c1ccc(Cl)s1. The zero-order chi connectivity index (χ0) is 6.85. The van der Waals surface area contributed by atoms with Crippen LogP contribution in [0.1, 0.15) is 0 Å². The summed E-state index contributed by atoms with van der Waals surface area (Å²) in [6.45, 7) is 0. The normalized spacial score (nSPS) is 13.7. The minimum absolute atomic E-state index is 0.611. The van der Waals surface area contributed by atoms with Crippen molar-refractivity contribution in [2.24, 2.45) is 5.14 Å². The van der Waals surface area contributed by atoms with Crippen molar-refractivity contribution in [3.8, 4) is 0 Å². The van der Waals surface area contributed by atoms with Crippen LogP contribution < -0.4 is 5.14 Å². The molecule has 2 N–H and O–H groups in total. The molecule has 50 valence electrons. The van der Waals surface area contributed by atoms with Gasteiger partial charge in [-0.05, 0) is 6.07 Å². The van der Waals surface area contributed by atoms with E-state index in [1.807, 2.05) is 0 Å². The monoisotopic (exact) mass is 181 g/mol. The first-order chi connectivity index (χ1) is 4.20. The molecule has 0 amide bonds. The lowest BCUT2D eigenvalue weighted by molar-refractivity contribution is 0.598. The molecule has 5 heteroatoms. The van der Waals surface area contributed by atoms with Crippen LogP contribution in [-0.2, 0) is 11.4 Å². The molecule has 0 aromatic carbocycles. The van der Waals surface area contributed by atoms with E-state index in [0.29, 0.717) is 8.55 Å². The largest absolute Gasteiger partial charge is 0.592 e. The first-order valence-corrected chi connectivity index (χ1v) is 4.52. The molecule has 0 aliphatic rings. The molecule has 1 unspecified atom stereocenters. The number of nitrogens with two attached hydrogens (primary N) is 1. The second kappa shape index (κ2) is 2.90. The van der Waals surface area contributed by atoms with Gasteiger partial charge in [-0.2, -0.15) is 0 Å². The highest BCUT2D eigenvalue weighted by atomic mass is 35.5. The van der Waals surface area contributed by atoms with Gasteiger partial charge in [0.15, 0.2) is 0 Å². The minimum Gasteiger partial charge on any atom is -0.592 e. The number of rotatable bonds is 1. The Bertz CT molecular complexity index is 200. The summed E-state index contributed by atoms with van der Waals surface area (Å²) < 4.78 is 11.7. The molecule has 0 saturated carbocycles. The summed E-state index contributed by atoms with van der Waals surface area (Å²) in [5, 5.41) is 5.05. The van der Waals surface area contributed by atoms with Crippen molar-refractivity contribution in [1.82, 2.24) is 0 Å². The zero-order valence-corrected chi connectivity index (χ0v) is 6.72. The molecule has 1 aromatic rings. The number of thiophene rings is 1. The number of hydrogen-bond donors (Lipinski definition) is 1. The summed E-state index contributed by atoms with van der Waals surface area (Å²) in [6.07, 6.45) is 0. The van der Waals surface area contributed by atoms with Crippen LogP contribution in [0.2, 0.25) is 4.34 Å². The molecule has 9 heavy (non-hydrogen) atoms. The first-order valence-electron chi connectivity index (χ1n) is 2.11. The van der Waals surface area contributed by atoms with Crippen molar-refractivity contribution in [3.05, 3.63) is 16.5 Å². The molecule has 0 fully saturated rings. The van der Waals surface area contributed by atoms with E-state index in [2.05, 4.69) is 0 Å². The summed E-state index contributed by atoms with van der Waals surface area (Å²) in [6, 6.07) is 3.33. The van der Waals surface area contributed by atoms with Crippen LogP contribution in [0, 0.1) is 0 Å². The van der Waals surface area contributed by atoms with Gasteiger partial charge in [0.05, 0.1) is 15.7 Å². The fourth-order valence-corrected chi connectivity index (χ4v) is 2.12. The Labute approximate surface area is 64.9 Å². The van der Waals surface area contributed by atoms with Crippen LogP contribution in [-0.4, -0.2) is 4.55 Å². The lowest BCUT2D eigenvalue weighted by Gasteiger charge is -1.94. The maximum absolute atomic E-state index is 10.5. The molecule has 0 saturated heterocycles. The molecule has 1 heterocycles. The van der Waals surface area contributed by atoms with Gasteiger partial charge < -0.3 is 4.55 Å². The highest BCUT2D eigenvalue weighted by molar-refractivity contribution is 7.91. The topological polar surface area (TPSA) is 49.1 Å². The van der Waals surface area contributed by atoms with Crippen molar-refractivity contribution in [3.63, 3.8) is 0 Å². The Morgan fingerprint density at radius 3 is 2.56 bits per heavy atom. The van der Waals surface area contributed by atoms with E-state index >= 15 is 0 Å². The van der Waals surface area contributed by atoms with Gasteiger partial charge in [0, 0.05) is 6.07 Å². The number of hydrogen-bond acceptors (Lipinski definition) is 3. The Balaban J connectivity index is 2.85. The lowest BCUT2D eigenvalue weighted by Crippen LogP contribution is -2.09. The summed E-state index contributed by atoms with van der Waals surface area (Å²) in [7, 11) is 0. The van der Waals surface area contributed by atoms with Crippen molar-refractivity contribution in [1.29, 1.82) is 0 Å². The maximum Gasteiger partial charge on any atom is 0.228 e. The predicted octanol–water partition coefficient (Wildman–Crippen LogP) is 1.38. The average molecular weight is 182 g/mol. The van der Waals surface area contributed by atoms with Crippen LogP contribution in [0.4, 0.5) is 0 Å². The standard InChI is InChI=1S/C4H4ClNOS2/c5-3-1-2-4(8-3)9(6)7/h1-2H,6H2. The smallest absolute Gasteiger partial charge is 0.228 e. The van der Waals surface area contributed by atoms with Crippen LogP contribution in [0.3, 0.4) is 0 Å². The third kappa shape index (κ3) is 1.84. The van der Waals surface area contributed by atoms with Crippen molar-refractivity contribution in [2.45, 2.75) is 4.21 Å². The average Bonchev–Trinajstić information content (AvgIpc) is 2.14. The highest BCUT2D eigenvalue weighted by Crippen LogP contribution is 2.23. The Morgan fingerprint density at radius 1 is 1.67 bits per heavy atom. The maximum atomic E-state index is 10.5. The Hall–Kier alpha value is 0.260. The molecule has 1 aromatic heterocycles. The van der Waals surface area contributed by atoms with E-state index in [1.54, 1.807) is 12.1 Å². The molecule has 0 radical (unpaired) electrons. The van der Waals surface area contributed by atoms with Gasteiger partial charge in [-0.15, -0.1) is 5.14 Å². The second-order valence-electron chi connectivity index (χ2n) is 1.36. The molecule has 1 atom stereocenters. The van der Waals surface area contributed by atoms with E-state index in [-0.39, 0.29) is 0 Å². The van der Waals surface area contributed by atoms with Gasteiger partial charge in [-0.25, -0.2) is 0 Å². The Kier molecular flexibility index (Phi) is 2.37. The minimum atomic E-state index is -1.37. The van der Waals surface area contributed by atoms with Crippen LogP contribution >= 0.6 is 22.9 Å². The van der Waals surface area contributed by atoms with Gasteiger partial charge in [-0.1, -0.05) is 22.9 Å². The van der Waals surface area contributed by atoms with Crippen molar-refractivity contribution < 1.29 is 4.55 Å². The van der Waals surface area contributed by atoms with E-state index < -0.39 is 11.4 Å². The van der Waals surface area contributed by atoms with Crippen LogP contribution in [0.25, 0.3) is 0 Å². The van der Waals surface area contributed by atoms with E-state index in [0.717, 1.165) is 0 Å². The Morgan fingerprint density at radius 2 is 2.33 bits per heavy atom. The van der Waals surface area contributed by atoms with Crippen LogP contribution in [0.5, 0.6) is 0 Å². The fraction of sp³-hybridized carbons (Fsp3) is 0. The molecular weight excluding hydrogens is 178 g/mol. The first kappa shape index (κ1) is 7.37. The van der Waals surface area contributed by atoms with E-state index in [1.165, 1.54) is 11.3 Å². The molecule has 2 nitrogen and oxygen atoms in total. The molecule has 0 aliphatic heterocycles. The molecular formula is C4H4ClNOS2. The lowest BCUT2D eigenvalue weighted by atomic mass is 10.7. The van der Waals surface area contributed by atoms with Gasteiger partial charge >= 0.3 is 0 Å². The molecule has 1 rings (SSSR count). The zero-order valence-electron chi connectivity index (χ0n) is 4.33. The van der Waals surface area contributed by atoms with Gasteiger partial charge in [0.25, 0.3) is 0 Å². The van der Waals surface area contributed by atoms with E-state index in [4.69, 9.17) is 16.7 Å². The third-order valence-corrected chi connectivity index (χ3v) is 3.05. The second-order valence-corrected chi connectivity index (χ2v) is 4.36. The third-order valence-electron chi connectivity index (χ3n) is 0.747. The molecule has 0 spiro atoms. The molecule has 0 aliphatic carbocycles. The number of halogens is 1. The van der Waals surface area contributed by atoms with Gasteiger partial charge in [0.1, 0.15) is 0 Å². The summed E-state index contributed by atoms with van der Waals surface area (Å²) in [5.41, 5.74) is 0.